The maximum absolute atomic E-state index is 14.4. The molecule has 0 saturated carbocycles. The monoisotopic (exact) mass is 368 g/mol. The van der Waals surface area contributed by atoms with Gasteiger partial charge >= 0.3 is 5.97 Å². The number of ether oxygens (including phenoxy) is 1. The molecule has 0 aliphatic heterocycles. The van der Waals surface area contributed by atoms with Crippen LogP contribution in [0.1, 0.15) is 46.6 Å². The molecule has 0 heterocycles. The first-order valence-corrected chi connectivity index (χ1v) is 8.70. The number of benzene rings is 2. The van der Waals surface area contributed by atoms with Gasteiger partial charge in [-0.1, -0.05) is 24.3 Å². The van der Waals surface area contributed by atoms with Crippen molar-refractivity contribution in [3.8, 4) is 6.07 Å². The summed E-state index contributed by atoms with van der Waals surface area (Å²) in [6.45, 7) is 2.23. The second-order valence-corrected chi connectivity index (χ2v) is 5.91. The smallest absolute Gasteiger partial charge is 0.307 e. The van der Waals surface area contributed by atoms with Crippen LogP contribution in [0.5, 0.6) is 0 Å². The van der Waals surface area contributed by atoms with Crippen LogP contribution >= 0.6 is 0 Å². The number of halogens is 1. The average Bonchev–Trinajstić information content (AvgIpc) is 2.68. The zero-order valence-electron chi connectivity index (χ0n) is 15.1. The van der Waals surface area contributed by atoms with Gasteiger partial charge < -0.3 is 10.1 Å². The molecule has 140 valence electrons. The van der Waals surface area contributed by atoms with Gasteiger partial charge in [-0.3, -0.25) is 9.59 Å². The zero-order chi connectivity index (χ0) is 19.6. The zero-order valence-corrected chi connectivity index (χ0v) is 15.1. The topological polar surface area (TPSA) is 79.2 Å². The van der Waals surface area contributed by atoms with Gasteiger partial charge in [0, 0.05) is 18.5 Å². The first-order chi connectivity index (χ1) is 13.0. The van der Waals surface area contributed by atoms with Gasteiger partial charge in [0.15, 0.2) is 0 Å². The Morgan fingerprint density at radius 3 is 2.41 bits per heavy atom. The SMILES string of the molecule is CCOC(=O)CCNC(=O)c1ccc(CC(F)c2ccc(C#N)cc2)cc1. The van der Waals surface area contributed by atoms with Crippen molar-refractivity contribution < 1.29 is 18.7 Å². The van der Waals surface area contributed by atoms with E-state index >= 15 is 0 Å². The molecule has 27 heavy (non-hydrogen) atoms. The molecule has 0 aliphatic rings. The van der Waals surface area contributed by atoms with Crippen LogP contribution in [-0.4, -0.2) is 25.0 Å². The van der Waals surface area contributed by atoms with Crippen LogP contribution in [0, 0.1) is 11.3 Å². The minimum absolute atomic E-state index is 0.117. The number of nitrogens with zero attached hydrogens (tertiary/aromatic N) is 1. The third kappa shape index (κ3) is 6.23. The van der Waals surface area contributed by atoms with Gasteiger partial charge in [-0.2, -0.15) is 5.26 Å². The molecule has 0 fully saturated rings. The van der Waals surface area contributed by atoms with Crippen LogP contribution in [0.2, 0.25) is 0 Å². The summed E-state index contributed by atoms with van der Waals surface area (Å²) in [7, 11) is 0. The molecule has 1 amide bonds. The predicted molar refractivity (Wildman–Crippen MR) is 98.7 cm³/mol. The van der Waals surface area contributed by atoms with Crippen molar-refractivity contribution in [3.63, 3.8) is 0 Å². The lowest BCUT2D eigenvalue weighted by molar-refractivity contribution is -0.142. The molecule has 6 heteroatoms. The molecular formula is C21H21FN2O3. The highest BCUT2D eigenvalue weighted by molar-refractivity contribution is 5.94. The number of hydrogen-bond acceptors (Lipinski definition) is 4. The summed E-state index contributed by atoms with van der Waals surface area (Å²) in [4.78, 5) is 23.3. The first kappa shape index (κ1) is 20.1. The van der Waals surface area contributed by atoms with Crippen molar-refractivity contribution in [2.75, 3.05) is 13.2 Å². The standard InChI is InChI=1S/C21H21FN2O3/c1-2-27-20(25)11-12-24-21(26)18-9-3-15(4-10-18)13-19(22)17-7-5-16(14-23)6-8-17/h3-10,19H,2,11-13H2,1H3,(H,24,26). The second kappa shape index (κ2) is 10.1. The Labute approximate surface area is 157 Å². The van der Waals surface area contributed by atoms with Crippen molar-refractivity contribution in [1.29, 1.82) is 5.26 Å². The Hall–Kier alpha value is -3.20. The highest BCUT2D eigenvalue weighted by Gasteiger charge is 2.12. The second-order valence-electron chi connectivity index (χ2n) is 5.91. The molecule has 1 N–H and O–H groups in total. The minimum Gasteiger partial charge on any atom is -0.466 e. The fourth-order valence-corrected chi connectivity index (χ4v) is 2.50. The van der Waals surface area contributed by atoms with Gasteiger partial charge in [0.05, 0.1) is 24.7 Å². The molecule has 0 aliphatic carbocycles. The van der Waals surface area contributed by atoms with Crippen LogP contribution in [0.3, 0.4) is 0 Å². The fraction of sp³-hybridized carbons (Fsp3) is 0.286. The van der Waals surface area contributed by atoms with E-state index in [1.165, 1.54) is 0 Å². The molecule has 0 bridgehead atoms. The molecule has 2 aromatic carbocycles. The van der Waals surface area contributed by atoms with Crippen molar-refractivity contribution >= 4 is 11.9 Å². The van der Waals surface area contributed by atoms with Crippen LogP contribution in [0.25, 0.3) is 0 Å². The van der Waals surface area contributed by atoms with Crippen LogP contribution < -0.4 is 5.32 Å². The Morgan fingerprint density at radius 2 is 1.81 bits per heavy atom. The average molecular weight is 368 g/mol. The highest BCUT2D eigenvalue weighted by atomic mass is 19.1. The molecule has 1 unspecified atom stereocenters. The molecule has 2 aromatic rings. The lowest BCUT2D eigenvalue weighted by Crippen LogP contribution is -2.26. The molecule has 0 saturated heterocycles. The van der Waals surface area contributed by atoms with Gasteiger partial charge in [-0.15, -0.1) is 0 Å². The molecule has 5 nitrogen and oxygen atoms in total. The molecule has 0 spiro atoms. The summed E-state index contributed by atoms with van der Waals surface area (Å²) in [5.74, 6) is -0.653. The van der Waals surface area contributed by atoms with Crippen molar-refractivity contribution in [2.24, 2.45) is 0 Å². The van der Waals surface area contributed by atoms with E-state index < -0.39 is 6.17 Å². The Kier molecular flexibility index (Phi) is 7.50. The summed E-state index contributed by atoms with van der Waals surface area (Å²) in [6.07, 6.45) is -0.899. The van der Waals surface area contributed by atoms with E-state index in [2.05, 4.69) is 5.32 Å². The minimum atomic E-state index is -1.19. The fourth-order valence-electron chi connectivity index (χ4n) is 2.50. The summed E-state index contributed by atoms with van der Waals surface area (Å²) in [5, 5.41) is 11.4. The Balaban J connectivity index is 1.87. The number of carbonyl (C=O) groups is 2. The third-order valence-corrected chi connectivity index (χ3v) is 3.95. The van der Waals surface area contributed by atoms with E-state index in [1.54, 1.807) is 55.5 Å². The van der Waals surface area contributed by atoms with Gasteiger partial charge in [-0.05, 0) is 42.3 Å². The van der Waals surface area contributed by atoms with Gasteiger partial charge in [0.1, 0.15) is 6.17 Å². The Bertz CT molecular complexity index is 811. The lowest BCUT2D eigenvalue weighted by atomic mass is 10.0. The number of carbonyl (C=O) groups excluding carboxylic acids is 2. The summed E-state index contributed by atoms with van der Waals surface area (Å²) >= 11 is 0. The quantitative estimate of drug-likeness (QED) is 0.724. The first-order valence-electron chi connectivity index (χ1n) is 8.70. The maximum atomic E-state index is 14.4. The van der Waals surface area contributed by atoms with E-state index in [9.17, 15) is 14.0 Å². The number of rotatable bonds is 8. The van der Waals surface area contributed by atoms with E-state index in [-0.39, 0.29) is 31.3 Å². The van der Waals surface area contributed by atoms with E-state index in [1.807, 2.05) is 6.07 Å². The number of esters is 1. The third-order valence-electron chi connectivity index (χ3n) is 3.95. The number of nitrogens with one attached hydrogen (secondary N) is 1. The normalized spacial score (nSPS) is 11.3. The van der Waals surface area contributed by atoms with E-state index in [4.69, 9.17) is 10.00 Å². The van der Waals surface area contributed by atoms with Crippen molar-refractivity contribution in [3.05, 3.63) is 70.8 Å². The number of hydrogen-bond donors (Lipinski definition) is 1. The molecule has 0 aromatic heterocycles. The number of amides is 1. The van der Waals surface area contributed by atoms with E-state index in [0.717, 1.165) is 5.56 Å². The van der Waals surface area contributed by atoms with Crippen LogP contribution in [0.15, 0.2) is 48.5 Å². The molecule has 1 atom stereocenters. The van der Waals surface area contributed by atoms with Gasteiger partial charge in [0.2, 0.25) is 0 Å². The molecule has 0 radical (unpaired) electrons. The lowest BCUT2D eigenvalue weighted by Gasteiger charge is -2.10. The summed E-state index contributed by atoms with van der Waals surface area (Å²) in [5.41, 5.74) is 2.20. The Morgan fingerprint density at radius 1 is 1.15 bits per heavy atom. The van der Waals surface area contributed by atoms with E-state index in [0.29, 0.717) is 23.3 Å². The van der Waals surface area contributed by atoms with Gasteiger partial charge in [-0.25, -0.2) is 4.39 Å². The molecular weight excluding hydrogens is 347 g/mol. The predicted octanol–water partition coefficient (Wildman–Crippen LogP) is 3.49. The summed E-state index contributed by atoms with van der Waals surface area (Å²) < 4.78 is 19.2. The highest BCUT2D eigenvalue weighted by Crippen LogP contribution is 2.23. The van der Waals surface area contributed by atoms with Crippen molar-refractivity contribution in [1.82, 2.24) is 5.32 Å². The maximum Gasteiger partial charge on any atom is 0.307 e. The van der Waals surface area contributed by atoms with Crippen LogP contribution in [-0.2, 0) is 16.0 Å². The van der Waals surface area contributed by atoms with Gasteiger partial charge in [0.25, 0.3) is 5.91 Å². The number of nitriles is 1. The van der Waals surface area contributed by atoms with Crippen molar-refractivity contribution in [2.45, 2.75) is 25.9 Å². The summed E-state index contributed by atoms with van der Waals surface area (Å²) in [6, 6.07) is 15.1. The molecule has 2 rings (SSSR count). The largest absolute Gasteiger partial charge is 0.466 e. The van der Waals surface area contributed by atoms with Crippen LogP contribution in [0.4, 0.5) is 4.39 Å². The number of alkyl halides is 1.